The highest BCUT2D eigenvalue weighted by molar-refractivity contribution is 6.30. The van der Waals surface area contributed by atoms with Crippen molar-refractivity contribution in [1.29, 1.82) is 0 Å². The van der Waals surface area contributed by atoms with Gasteiger partial charge in [-0.05, 0) is 36.4 Å². The van der Waals surface area contributed by atoms with Crippen LogP contribution in [-0.2, 0) is 4.79 Å². The van der Waals surface area contributed by atoms with E-state index in [1.165, 1.54) is 0 Å². The molecule has 1 amide bonds. The van der Waals surface area contributed by atoms with Crippen molar-refractivity contribution < 1.29 is 13.9 Å². The van der Waals surface area contributed by atoms with E-state index in [2.05, 4.69) is 15.6 Å². The van der Waals surface area contributed by atoms with Gasteiger partial charge in [0.1, 0.15) is 11.3 Å². The smallest absolute Gasteiger partial charge is 0.226 e. The summed E-state index contributed by atoms with van der Waals surface area (Å²) in [6.45, 7) is 4.50. The number of halogens is 1. The molecule has 0 fully saturated rings. The molecule has 0 spiro atoms. The van der Waals surface area contributed by atoms with E-state index in [1.807, 2.05) is 32.0 Å². The largest absolute Gasteiger partial charge is 0.495 e. The molecule has 2 aromatic carbocycles. The van der Waals surface area contributed by atoms with E-state index in [0.717, 1.165) is 11.2 Å². The number of anilines is 2. The number of carbonyl (C=O) groups excluding carboxylic acids is 1. The summed E-state index contributed by atoms with van der Waals surface area (Å²) < 4.78 is 11.0. The van der Waals surface area contributed by atoms with Gasteiger partial charge in [0.25, 0.3) is 0 Å². The summed E-state index contributed by atoms with van der Waals surface area (Å²) in [7, 11) is 1.59. The van der Waals surface area contributed by atoms with Crippen molar-refractivity contribution in [3.63, 3.8) is 0 Å². The molecule has 0 unspecified atom stereocenters. The first-order chi connectivity index (χ1) is 13.0. The molecule has 0 saturated carbocycles. The van der Waals surface area contributed by atoms with Crippen LogP contribution in [0.3, 0.4) is 0 Å². The fourth-order valence-corrected chi connectivity index (χ4v) is 2.79. The van der Waals surface area contributed by atoms with Crippen LogP contribution in [0.1, 0.15) is 32.1 Å². The van der Waals surface area contributed by atoms with Crippen LogP contribution in [0.5, 0.6) is 5.75 Å². The van der Waals surface area contributed by atoms with Crippen molar-refractivity contribution in [3.05, 3.63) is 47.3 Å². The second kappa shape index (κ2) is 8.31. The number of methoxy groups -OCH3 is 1. The molecule has 0 aliphatic carbocycles. The monoisotopic (exact) mass is 387 g/mol. The van der Waals surface area contributed by atoms with Crippen molar-refractivity contribution in [2.24, 2.45) is 0 Å². The number of hydrogen-bond acceptors (Lipinski definition) is 5. The van der Waals surface area contributed by atoms with Gasteiger partial charge >= 0.3 is 0 Å². The van der Waals surface area contributed by atoms with Crippen molar-refractivity contribution in [1.82, 2.24) is 4.98 Å². The van der Waals surface area contributed by atoms with Crippen LogP contribution in [-0.4, -0.2) is 24.5 Å². The van der Waals surface area contributed by atoms with E-state index in [4.69, 9.17) is 20.8 Å². The van der Waals surface area contributed by atoms with Crippen LogP contribution in [0.2, 0.25) is 5.02 Å². The Bertz CT molecular complexity index is 953. The highest BCUT2D eigenvalue weighted by Gasteiger charge is 2.11. The third-order valence-corrected chi connectivity index (χ3v) is 4.25. The van der Waals surface area contributed by atoms with E-state index in [0.29, 0.717) is 40.9 Å². The number of carbonyl (C=O) groups is 1. The Morgan fingerprint density at radius 3 is 2.81 bits per heavy atom. The van der Waals surface area contributed by atoms with Crippen LogP contribution in [0.25, 0.3) is 11.1 Å². The summed E-state index contributed by atoms with van der Waals surface area (Å²) in [5, 5.41) is 6.65. The molecule has 2 N–H and O–H groups in total. The van der Waals surface area contributed by atoms with E-state index in [9.17, 15) is 4.79 Å². The first kappa shape index (κ1) is 19.0. The number of oxazole rings is 1. The number of ether oxygens (including phenoxy) is 1. The minimum absolute atomic E-state index is 0.101. The van der Waals surface area contributed by atoms with Gasteiger partial charge in [0, 0.05) is 29.6 Å². The summed E-state index contributed by atoms with van der Waals surface area (Å²) in [5.41, 5.74) is 2.89. The van der Waals surface area contributed by atoms with Crippen LogP contribution in [0, 0.1) is 0 Å². The van der Waals surface area contributed by atoms with Crippen LogP contribution in [0.4, 0.5) is 11.4 Å². The molecule has 1 heterocycles. The number of hydrogen-bond donors (Lipinski definition) is 2. The molecule has 0 aliphatic rings. The van der Waals surface area contributed by atoms with Gasteiger partial charge in [-0.3, -0.25) is 4.79 Å². The van der Waals surface area contributed by atoms with E-state index < -0.39 is 0 Å². The van der Waals surface area contributed by atoms with Gasteiger partial charge in [-0.25, -0.2) is 4.98 Å². The van der Waals surface area contributed by atoms with E-state index >= 15 is 0 Å². The van der Waals surface area contributed by atoms with Crippen molar-refractivity contribution in [2.75, 3.05) is 24.3 Å². The predicted molar refractivity (Wildman–Crippen MR) is 108 cm³/mol. The standard InChI is InChI=1S/C20H22ClN3O3/c1-12(2)20-24-16-11-14(5-7-18(16)27-20)23-19(25)8-9-22-15-10-13(21)4-6-17(15)26-3/h4-7,10-12,22H,8-9H2,1-3H3,(H,23,25). The Balaban J connectivity index is 1.58. The van der Waals surface area contributed by atoms with Gasteiger partial charge in [0.15, 0.2) is 11.5 Å². The maximum absolute atomic E-state index is 12.2. The first-order valence-corrected chi connectivity index (χ1v) is 9.12. The normalized spacial score (nSPS) is 11.0. The number of nitrogens with zero attached hydrogens (tertiary/aromatic N) is 1. The highest BCUT2D eigenvalue weighted by Crippen LogP contribution is 2.27. The van der Waals surface area contributed by atoms with E-state index in [-0.39, 0.29) is 11.8 Å². The van der Waals surface area contributed by atoms with Crippen molar-refractivity contribution in [2.45, 2.75) is 26.2 Å². The number of fused-ring (bicyclic) bond motifs is 1. The SMILES string of the molecule is COc1ccc(Cl)cc1NCCC(=O)Nc1ccc2oc(C(C)C)nc2c1. The number of nitrogens with one attached hydrogen (secondary N) is 2. The van der Waals surface area contributed by atoms with Gasteiger partial charge in [-0.2, -0.15) is 0 Å². The topological polar surface area (TPSA) is 76.4 Å². The molecule has 0 atom stereocenters. The summed E-state index contributed by atoms with van der Waals surface area (Å²) in [6, 6.07) is 10.7. The molecule has 3 aromatic rings. The Hall–Kier alpha value is -2.73. The van der Waals surface area contributed by atoms with Crippen LogP contribution >= 0.6 is 11.6 Å². The molecule has 27 heavy (non-hydrogen) atoms. The minimum atomic E-state index is -0.101. The molecule has 3 rings (SSSR count). The third kappa shape index (κ3) is 4.71. The maximum atomic E-state index is 12.2. The Labute approximate surface area is 162 Å². The van der Waals surface area contributed by atoms with Gasteiger partial charge < -0.3 is 19.8 Å². The zero-order chi connectivity index (χ0) is 19.4. The number of rotatable bonds is 7. The van der Waals surface area contributed by atoms with Gasteiger partial charge in [-0.15, -0.1) is 0 Å². The molecule has 1 aromatic heterocycles. The zero-order valence-corrected chi connectivity index (χ0v) is 16.3. The van der Waals surface area contributed by atoms with Gasteiger partial charge in [0.05, 0.1) is 12.8 Å². The Morgan fingerprint density at radius 2 is 2.07 bits per heavy atom. The molecule has 6 nitrogen and oxygen atoms in total. The molecule has 0 aliphatic heterocycles. The zero-order valence-electron chi connectivity index (χ0n) is 15.5. The molecular weight excluding hydrogens is 366 g/mol. The molecule has 0 saturated heterocycles. The first-order valence-electron chi connectivity index (χ1n) is 8.74. The lowest BCUT2D eigenvalue weighted by molar-refractivity contribution is -0.115. The second-order valence-electron chi connectivity index (χ2n) is 6.46. The summed E-state index contributed by atoms with van der Waals surface area (Å²) in [6.07, 6.45) is 0.295. The number of benzene rings is 2. The van der Waals surface area contributed by atoms with Crippen molar-refractivity contribution >= 4 is 40.0 Å². The predicted octanol–water partition coefficient (Wildman–Crippen LogP) is 5.05. The second-order valence-corrected chi connectivity index (χ2v) is 6.90. The Morgan fingerprint density at radius 1 is 1.26 bits per heavy atom. The number of amides is 1. The molecule has 142 valence electrons. The quantitative estimate of drug-likeness (QED) is 0.593. The van der Waals surface area contributed by atoms with Gasteiger partial charge in [0.2, 0.25) is 5.91 Å². The average Bonchev–Trinajstić information content (AvgIpc) is 3.05. The molecule has 0 bridgehead atoms. The number of aromatic nitrogens is 1. The maximum Gasteiger partial charge on any atom is 0.226 e. The highest BCUT2D eigenvalue weighted by atomic mass is 35.5. The fraction of sp³-hybridized carbons (Fsp3) is 0.300. The summed E-state index contributed by atoms with van der Waals surface area (Å²) in [5.74, 6) is 1.48. The molecular formula is C20H22ClN3O3. The third-order valence-electron chi connectivity index (χ3n) is 4.01. The minimum Gasteiger partial charge on any atom is -0.495 e. The molecule has 7 heteroatoms. The van der Waals surface area contributed by atoms with E-state index in [1.54, 1.807) is 25.3 Å². The lowest BCUT2D eigenvalue weighted by Crippen LogP contribution is -2.16. The lowest BCUT2D eigenvalue weighted by atomic mass is 10.2. The van der Waals surface area contributed by atoms with Gasteiger partial charge in [-0.1, -0.05) is 25.4 Å². The van der Waals surface area contributed by atoms with Crippen molar-refractivity contribution in [3.8, 4) is 5.75 Å². The summed E-state index contributed by atoms with van der Waals surface area (Å²) >= 11 is 6.00. The average molecular weight is 388 g/mol. The van der Waals surface area contributed by atoms with Crippen LogP contribution < -0.4 is 15.4 Å². The lowest BCUT2D eigenvalue weighted by Gasteiger charge is -2.11. The summed E-state index contributed by atoms with van der Waals surface area (Å²) in [4.78, 5) is 16.7. The van der Waals surface area contributed by atoms with Crippen LogP contribution in [0.15, 0.2) is 40.8 Å². The molecule has 0 radical (unpaired) electrons. The fourth-order valence-electron chi connectivity index (χ4n) is 2.62. The Kier molecular flexibility index (Phi) is 5.86.